The number of nitrogens with zero attached hydrogens (tertiary/aromatic N) is 3. The molecule has 2 aliphatic rings. The Kier molecular flexibility index (Phi) is 3.48. The van der Waals surface area contributed by atoms with Crippen molar-refractivity contribution in [3.63, 3.8) is 0 Å². The lowest BCUT2D eigenvalue weighted by atomic mass is 9.87. The highest BCUT2D eigenvalue weighted by Gasteiger charge is 2.38. The zero-order chi connectivity index (χ0) is 14.3. The molecule has 0 bridgehead atoms. The van der Waals surface area contributed by atoms with Gasteiger partial charge >= 0.3 is 5.97 Å². The number of hydrogen-bond acceptors (Lipinski definition) is 4. The Morgan fingerprint density at radius 1 is 1.50 bits per heavy atom. The third-order valence-corrected chi connectivity index (χ3v) is 4.73. The first-order chi connectivity index (χ1) is 9.50. The fourth-order valence-corrected chi connectivity index (χ4v) is 3.65. The van der Waals surface area contributed by atoms with Gasteiger partial charge in [-0.15, -0.1) is 0 Å². The number of carbonyl (C=O) groups is 1. The quantitative estimate of drug-likeness (QED) is 0.424. The van der Waals surface area contributed by atoms with Gasteiger partial charge in [0.2, 0.25) is 0 Å². The van der Waals surface area contributed by atoms with Crippen molar-refractivity contribution >= 4 is 28.6 Å². The molecule has 1 unspecified atom stereocenters. The topological polar surface area (TPSA) is 67.9 Å². The molecule has 1 aromatic rings. The van der Waals surface area contributed by atoms with Crippen LogP contribution in [0, 0.1) is 17.2 Å². The van der Waals surface area contributed by atoms with Crippen LogP contribution in [0.2, 0.25) is 0 Å². The van der Waals surface area contributed by atoms with Gasteiger partial charge in [0, 0.05) is 18.4 Å². The predicted molar refractivity (Wildman–Crippen MR) is 80.4 cm³/mol. The van der Waals surface area contributed by atoms with Crippen LogP contribution in [-0.4, -0.2) is 19.1 Å². The van der Waals surface area contributed by atoms with Gasteiger partial charge in [-0.25, -0.2) is 9.78 Å². The van der Waals surface area contributed by atoms with Gasteiger partial charge in [-0.2, -0.15) is 5.26 Å². The maximum atomic E-state index is 12.2. The van der Waals surface area contributed by atoms with Crippen molar-refractivity contribution in [2.24, 2.45) is 5.92 Å². The van der Waals surface area contributed by atoms with Gasteiger partial charge < -0.3 is 9.30 Å². The van der Waals surface area contributed by atoms with E-state index >= 15 is 0 Å². The van der Waals surface area contributed by atoms with Crippen LogP contribution in [0.25, 0.3) is 0 Å². The molecule has 106 valence electrons. The van der Waals surface area contributed by atoms with E-state index in [9.17, 15) is 4.79 Å². The normalized spacial score (nSPS) is 33.1. The largest absolute Gasteiger partial charge is 0.444 e. The Bertz CT molecular complexity index is 580. The highest BCUT2D eigenvalue weighted by atomic mass is 127. The first kappa shape index (κ1) is 13.9. The summed E-state index contributed by atoms with van der Waals surface area (Å²) in [6, 6.07) is 2.60. The van der Waals surface area contributed by atoms with Gasteiger partial charge in [0.25, 0.3) is 0 Å². The number of aromatic nitrogens is 2. The van der Waals surface area contributed by atoms with E-state index in [2.05, 4.69) is 33.6 Å². The molecule has 0 amide bonds. The van der Waals surface area contributed by atoms with Crippen LogP contribution in [0.15, 0.2) is 6.33 Å². The number of esters is 1. The number of hydrogen-bond donors (Lipinski definition) is 0. The van der Waals surface area contributed by atoms with Crippen LogP contribution < -0.4 is 0 Å². The monoisotopic (exact) mass is 385 g/mol. The smallest absolute Gasteiger partial charge is 0.358 e. The highest BCUT2D eigenvalue weighted by Crippen LogP contribution is 2.37. The van der Waals surface area contributed by atoms with Crippen molar-refractivity contribution in [3.05, 3.63) is 17.7 Å². The summed E-state index contributed by atoms with van der Waals surface area (Å²) in [4.78, 5) is 16.6. The standard InChI is InChI=1S/C14H16IN3O2/c1-14(15)6-11-12(13(19)20-14)18(8-17-11)10-4-2-9(7-16)3-5-10/h8-10H,2-6H2,1H3. The molecule has 0 N–H and O–H groups in total. The van der Waals surface area contributed by atoms with E-state index in [0.717, 1.165) is 31.4 Å². The summed E-state index contributed by atoms with van der Waals surface area (Å²) in [5.41, 5.74) is 1.44. The van der Waals surface area contributed by atoms with E-state index in [1.165, 1.54) is 0 Å². The number of alkyl halides is 1. The molecule has 5 nitrogen and oxygen atoms in total. The van der Waals surface area contributed by atoms with Gasteiger partial charge in [-0.3, -0.25) is 0 Å². The van der Waals surface area contributed by atoms with E-state index < -0.39 is 3.61 Å². The van der Waals surface area contributed by atoms with Crippen LogP contribution in [0.1, 0.15) is 54.8 Å². The number of rotatable bonds is 1. The fourth-order valence-electron chi connectivity index (χ4n) is 3.09. The second kappa shape index (κ2) is 5.02. The number of carbonyl (C=O) groups excluding carboxylic acids is 1. The van der Waals surface area contributed by atoms with Crippen LogP contribution in [-0.2, 0) is 11.2 Å². The Labute approximate surface area is 131 Å². The number of ether oxygens (including phenoxy) is 1. The zero-order valence-electron chi connectivity index (χ0n) is 11.3. The van der Waals surface area contributed by atoms with Crippen molar-refractivity contribution in [1.29, 1.82) is 5.26 Å². The zero-order valence-corrected chi connectivity index (χ0v) is 13.5. The first-order valence-electron chi connectivity index (χ1n) is 6.88. The van der Waals surface area contributed by atoms with Gasteiger partial charge in [0.05, 0.1) is 18.1 Å². The molecule has 0 spiro atoms. The summed E-state index contributed by atoms with van der Waals surface area (Å²) < 4.78 is 6.94. The second-order valence-electron chi connectivity index (χ2n) is 5.75. The number of fused-ring (bicyclic) bond motifs is 1. The SMILES string of the molecule is CC1(I)Cc2ncn(C3CCC(C#N)CC3)c2C(=O)O1. The van der Waals surface area contributed by atoms with Crippen molar-refractivity contribution in [3.8, 4) is 6.07 Å². The minimum atomic E-state index is -0.501. The molecule has 6 heteroatoms. The summed E-state index contributed by atoms with van der Waals surface area (Å²) in [5, 5.41) is 8.96. The molecular weight excluding hydrogens is 369 g/mol. The molecule has 1 atom stereocenters. The van der Waals surface area contributed by atoms with Gasteiger partial charge in [0.15, 0.2) is 9.30 Å². The molecule has 0 aromatic carbocycles. The lowest BCUT2D eigenvalue weighted by Gasteiger charge is -2.30. The maximum Gasteiger partial charge on any atom is 0.358 e. The molecule has 1 fully saturated rings. The van der Waals surface area contributed by atoms with Crippen molar-refractivity contribution in [2.75, 3.05) is 0 Å². The minimum Gasteiger partial charge on any atom is -0.444 e. The predicted octanol–water partition coefficient (Wildman–Crippen LogP) is 3.00. The second-order valence-corrected chi connectivity index (χ2v) is 8.03. The molecule has 2 heterocycles. The molecule has 1 aromatic heterocycles. The van der Waals surface area contributed by atoms with Gasteiger partial charge in [-0.05, 0) is 55.2 Å². The van der Waals surface area contributed by atoms with E-state index in [1.54, 1.807) is 6.33 Å². The van der Waals surface area contributed by atoms with Gasteiger partial charge in [0.1, 0.15) is 0 Å². The maximum absolute atomic E-state index is 12.2. The summed E-state index contributed by atoms with van der Waals surface area (Å²) in [6.45, 7) is 1.89. The van der Waals surface area contributed by atoms with E-state index in [-0.39, 0.29) is 17.9 Å². The first-order valence-corrected chi connectivity index (χ1v) is 7.95. The van der Waals surface area contributed by atoms with Crippen LogP contribution >= 0.6 is 22.6 Å². The third kappa shape index (κ3) is 2.43. The summed E-state index contributed by atoms with van der Waals surface area (Å²) in [7, 11) is 0. The molecule has 0 saturated heterocycles. The average Bonchev–Trinajstić information content (AvgIpc) is 2.81. The Morgan fingerprint density at radius 2 is 2.20 bits per heavy atom. The molecule has 0 radical (unpaired) electrons. The van der Waals surface area contributed by atoms with Crippen molar-refractivity contribution in [2.45, 2.75) is 48.7 Å². The highest BCUT2D eigenvalue weighted by molar-refractivity contribution is 14.1. The van der Waals surface area contributed by atoms with E-state index in [4.69, 9.17) is 10.00 Å². The van der Waals surface area contributed by atoms with E-state index in [1.807, 2.05) is 11.5 Å². The number of nitriles is 1. The Morgan fingerprint density at radius 3 is 2.85 bits per heavy atom. The molecule has 1 aliphatic heterocycles. The fraction of sp³-hybridized carbons (Fsp3) is 0.643. The average molecular weight is 385 g/mol. The van der Waals surface area contributed by atoms with Gasteiger partial charge in [-0.1, -0.05) is 0 Å². The van der Waals surface area contributed by atoms with Crippen LogP contribution in [0.4, 0.5) is 0 Å². The van der Waals surface area contributed by atoms with Crippen molar-refractivity contribution in [1.82, 2.24) is 9.55 Å². The third-order valence-electron chi connectivity index (χ3n) is 4.12. The molecular formula is C14H16IN3O2. The van der Waals surface area contributed by atoms with Crippen LogP contribution in [0.5, 0.6) is 0 Å². The molecule has 3 rings (SSSR count). The summed E-state index contributed by atoms with van der Waals surface area (Å²) in [6.07, 6.45) is 6.06. The summed E-state index contributed by atoms with van der Waals surface area (Å²) in [5.74, 6) is -0.113. The molecule has 20 heavy (non-hydrogen) atoms. The molecule has 1 aliphatic carbocycles. The number of cyclic esters (lactones) is 1. The lowest BCUT2D eigenvalue weighted by Crippen LogP contribution is -2.35. The number of halogens is 1. The lowest BCUT2D eigenvalue weighted by molar-refractivity contribution is 0.0233. The summed E-state index contributed by atoms with van der Waals surface area (Å²) >= 11 is 2.15. The van der Waals surface area contributed by atoms with Crippen LogP contribution in [0.3, 0.4) is 0 Å². The van der Waals surface area contributed by atoms with Crippen molar-refractivity contribution < 1.29 is 9.53 Å². The Hall–Kier alpha value is -1.10. The van der Waals surface area contributed by atoms with E-state index in [0.29, 0.717) is 12.1 Å². The molecule has 1 saturated carbocycles. The Balaban J connectivity index is 1.86. The minimum absolute atomic E-state index is 0.162. The number of imidazole rings is 1.